The first-order valence-corrected chi connectivity index (χ1v) is 8.71. The summed E-state index contributed by atoms with van der Waals surface area (Å²) in [5.74, 6) is -4.60. The minimum Gasteiger partial charge on any atom is -0.444 e. The molecule has 156 valence electrons. The molecule has 10 heteroatoms. The SMILES string of the molecule is CC(C)(C)OC(=O)Nc1cc(F)c(F)c(C=O)c1.O=Cc1cc(Br)cc(F)c1F. The predicted octanol–water partition coefficient (Wildman–Crippen LogP) is 5.66. The number of benzene rings is 2. The number of hydrogen-bond acceptors (Lipinski definition) is 4. The van der Waals surface area contributed by atoms with Crippen LogP contribution in [-0.2, 0) is 4.74 Å². The van der Waals surface area contributed by atoms with Gasteiger partial charge in [0, 0.05) is 16.2 Å². The highest BCUT2D eigenvalue weighted by atomic mass is 79.9. The summed E-state index contributed by atoms with van der Waals surface area (Å²) in [6.07, 6.45) is -0.382. The molecule has 29 heavy (non-hydrogen) atoms. The van der Waals surface area contributed by atoms with Gasteiger partial charge in [-0.1, -0.05) is 15.9 Å². The number of anilines is 1. The van der Waals surface area contributed by atoms with Crippen molar-refractivity contribution in [2.75, 3.05) is 5.32 Å². The van der Waals surface area contributed by atoms with Gasteiger partial charge >= 0.3 is 6.09 Å². The molecule has 0 radical (unpaired) electrons. The van der Waals surface area contributed by atoms with Crippen molar-refractivity contribution in [2.24, 2.45) is 0 Å². The van der Waals surface area contributed by atoms with Crippen LogP contribution in [0.2, 0.25) is 0 Å². The highest BCUT2D eigenvalue weighted by molar-refractivity contribution is 9.10. The fraction of sp³-hybridized carbons (Fsp3) is 0.211. The van der Waals surface area contributed by atoms with E-state index in [4.69, 9.17) is 4.74 Å². The summed E-state index contributed by atoms with van der Waals surface area (Å²) in [4.78, 5) is 32.0. The Kier molecular flexibility index (Phi) is 8.50. The van der Waals surface area contributed by atoms with E-state index in [1.54, 1.807) is 20.8 Å². The molecule has 2 aromatic carbocycles. The number of amides is 1. The molecule has 5 nitrogen and oxygen atoms in total. The van der Waals surface area contributed by atoms with Crippen LogP contribution < -0.4 is 5.32 Å². The van der Waals surface area contributed by atoms with Gasteiger partial charge in [-0.05, 0) is 39.0 Å². The molecule has 0 saturated carbocycles. The zero-order chi connectivity index (χ0) is 22.4. The van der Waals surface area contributed by atoms with Gasteiger partial charge < -0.3 is 4.74 Å². The second-order valence-corrected chi connectivity index (χ2v) is 7.43. The molecule has 0 bridgehead atoms. The van der Waals surface area contributed by atoms with E-state index in [-0.39, 0.29) is 23.8 Å². The smallest absolute Gasteiger partial charge is 0.412 e. The molecule has 2 rings (SSSR count). The fourth-order valence-corrected chi connectivity index (χ4v) is 2.30. The van der Waals surface area contributed by atoms with E-state index in [9.17, 15) is 31.9 Å². The van der Waals surface area contributed by atoms with Crippen molar-refractivity contribution in [3.05, 3.63) is 63.1 Å². The molecule has 0 saturated heterocycles. The first kappa shape index (κ1) is 24.3. The van der Waals surface area contributed by atoms with Crippen LogP contribution in [-0.4, -0.2) is 24.3 Å². The minimum atomic E-state index is -1.25. The first-order valence-electron chi connectivity index (χ1n) is 7.92. The van der Waals surface area contributed by atoms with Gasteiger partial charge in [0.05, 0.1) is 11.1 Å². The molecular weight excluding hydrogens is 462 g/mol. The molecule has 0 fully saturated rings. The number of rotatable bonds is 3. The summed E-state index contributed by atoms with van der Waals surface area (Å²) >= 11 is 2.92. The average Bonchev–Trinajstić information content (AvgIpc) is 2.59. The maximum Gasteiger partial charge on any atom is 0.412 e. The first-order chi connectivity index (χ1) is 13.4. The van der Waals surface area contributed by atoms with Gasteiger partial charge in [0.15, 0.2) is 35.8 Å². The molecule has 0 aliphatic carbocycles. The quantitative estimate of drug-likeness (QED) is 0.351. The lowest BCUT2D eigenvalue weighted by atomic mass is 10.2. The summed E-state index contributed by atoms with van der Waals surface area (Å²) in [5, 5.41) is 2.21. The molecule has 0 spiro atoms. The van der Waals surface area contributed by atoms with Crippen LogP contribution in [0.5, 0.6) is 0 Å². The minimum absolute atomic E-state index is 0.0507. The Morgan fingerprint density at radius 2 is 1.41 bits per heavy atom. The number of carbonyl (C=O) groups is 3. The van der Waals surface area contributed by atoms with E-state index in [1.165, 1.54) is 6.07 Å². The molecule has 0 atom stereocenters. The maximum absolute atomic E-state index is 13.1. The van der Waals surface area contributed by atoms with Gasteiger partial charge in [0.2, 0.25) is 0 Å². The molecule has 1 amide bonds. The molecule has 0 aliphatic heterocycles. The van der Waals surface area contributed by atoms with Crippen molar-refractivity contribution in [2.45, 2.75) is 26.4 Å². The number of nitrogens with one attached hydrogen (secondary N) is 1. The molecule has 1 N–H and O–H groups in total. The second kappa shape index (κ2) is 10.1. The van der Waals surface area contributed by atoms with Gasteiger partial charge in [-0.3, -0.25) is 14.9 Å². The van der Waals surface area contributed by atoms with Crippen molar-refractivity contribution >= 4 is 40.3 Å². The van der Waals surface area contributed by atoms with Crippen LogP contribution in [0, 0.1) is 23.3 Å². The van der Waals surface area contributed by atoms with Crippen LogP contribution in [0.4, 0.5) is 28.0 Å². The Balaban J connectivity index is 0.000000326. The number of ether oxygens (including phenoxy) is 1. The van der Waals surface area contributed by atoms with Gasteiger partial charge in [-0.15, -0.1) is 0 Å². The number of hydrogen-bond donors (Lipinski definition) is 1. The number of aldehydes is 2. The molecule has 0 unspecified atom stereocenters. The van der Waals surface area contributed by atoms with Crippen molar-refractivity contribution < 1.29 is 36.7 Å². The van der Waals surface area contributed by atoms with Gasteiger partial charge in [-0.2, -0.15) is 0 Å². The summed E-state index contributed by atoms with van der Waals surface area (Å²) in [7, 11) is 0. The number of halogens is 5. The third-order valence-corrected chi connectivity index (χ3v) is 3.43. The molecule has 0 heterocycles. The van der Waals surface area contributed by atoms with Crippen molar-refractivity contribution in [3.63, 3.8) is 0 Å². The Morgan fingerprint density at radius 3 is 1.90 bits per heavy atom. The maximum atomic E-state index is 13.1. The summed E-state index contributed by atoms with van der Waals surface area (Å²) in [6, 6.07) is 3.97. The predicted molar refractivity (Wildman–Crippen MR) is 101 cm³/mol. The Labute approximate surface area is 172 Å². The molecule has 0 aliphatic rings. The standard InChI is InChI=1S/C12H13F2NO3.C7H3BrF2O/c1-12(2,3)18-11(17)15-8-4-7(6-16)10(14)9(13)5-8;8-5-1-4(3-11)7(10)6(9)2-5/h4-6H,1-3H3,(H,15,17);1-3H. The molecule has 2 aromatic rings. The van der Waals surface area contributed by atoms with Gasteiger partial charge in [0.1, 0.15) is 5.60 Å². The molecular formula is C19H16BrF4NO4. The topological polar surface area (TPSA) is 72.5 Å². The van der Waals surface area contributed by atoms with Crippen LogP contribution in [0.1, 0.15) is 41.5 Å². The van der Waals surface area contributed by atoms with E-state index in [2.05, 4.69) is 21.2 Å². The van der Waals surface area contributed by atoms with Gasteiger partial charge in [0.25, 0.3) is 0 Å². The normalized spacial score (nSPS) is 10.5. The van der Waals surface area contributed by atoms with Crippen LogP contribution >= 0.6 is 15.9 Å². The third-order valence-electron chi connectivity index (χ3n) is 2.98. The van der Waals surface area contributed by atoms with E-state index >= 15 is 0 Å². The van der Waals surface area contributed by atoms with Crippen LogP contribution in [0.25, 0.3) is 0 Å². The lowest BCUT2D eigenvalue weighted by molar-refractivity contribution is 0.0635. The zero-order valence-electron chi connectivity index (χ0n) is 15.5. The monoisotopic (exact) mass is 477 g/mol. The third kappa shape index (κ3) is 7.65. The van der Waals surface area contributed by atoms with E-state index in [0.717, 1.165) is 18.2 Å². The average molecular weight is 478 g/mol. The lowest BCUT2D eigenvalue weighted by Crippen LogP contribution is -2.27. The van der Waals surface area contributed by atoms with Crippen molar-refractivity contribution in [1.29, 1.82) is 0 Å². The van der Waals surface area contributed by atoms with Crippen LogP contribution in [0.3, 0.4) is 0 Å². The zero-order valence-corrected chi connectivity index (χ0v) is 17.1. The Hall–Kier alpha value is -2.75. The van der Waals surface area contributed by atoms with E-state index < -0.39 is 40.5 Å². The van der Waals surface area contributed by atoms with E-state index in [1.807, 2.05) is 0 Å². The second-order valence-electron chi connectivity index (χ2n) is 6.51. The number of carbonyl (C=O) groups excluding carboxylic acids is 3. The highest BCUT2D eigenvalue weighted by Crippen LogP contribution is 2.19. The summed E-state index contributed by atoms with van der Waals surface area (Å²) < 4.78 is 56.4. The highest BCUT2D eigenvalue weighted by Gasteiger charge is 2.17. The lowest BCUT2D eigenvalue weighted by Gasteiger charge is -2.19. The van der Waals surface area contributed by atoms with E-state index in [0.29, 0.717) is 4.47 Å². The fourth-order valence-electron chi connectivity index (χ4n) is 1.85. The summed E-state index contributed by atoms with van der Waals surface area (Å²) in [5.41, 5.74) is -1.51. The Bertz CT molecular complexity index is 929. The van der Waals surface area contributed by atoms with Crippen molar-refractivity contribution in [3.8, 4) is 0 Å². The van der Waals surface area contributed by atoms with Crippen molar-refractivity contribution in [1.82, 2.24) is 0 Å². The molecule has 0 aromatic heterocycles. The van der Waals surface area contributed by atoms with Crippen LogP contribution in [0.15, 0.2) is 28.7 Å². The van der Waals surface area contributed by atoms with Gasteiger partial charge in [-0.25, -0.2) is 22.4 Å². The largest absolute Gasteiger partial charge is 0.444 e. The Morgan fingerprint density at radius 1 is 0.931 bits per heavy atom. The summed E-state index contributed by atoms with van der Waals surface area (Å²) in [6.45, 7) is 4.98.